The van der Waals surface area contributed by atoms with Gasteiger partial charge in [-0.25, -0.2) is 9.78 Å². The molecule has 1 aliphatic heterocycles. The Morgan fingerprint density at radius 2 is 1.63 bits per heavy atom. The highest BCUT2D eigenvalue weighted by molar-refractivity contribution is 6.22. The third-order valence-corrected chi connectivity index (χ3v) is 8.22. The number of ether oxygens (including phenoxy) is 1. The van der Waals surface area contributed by atoms with Crippen molar-refractivity contribution in [2.45, 2.75) is 33.1 Å². The van der Waals surface area contributed by atoms with Crippen LogP contribution < -0.4 is 4.90 Å². The molecule has 1 saturated carbocycles. The molecule has 1 aliphatic carbocycles. The van der Waals surface area contributed by atoms with Gasteiger partial charge in [-0.05, 0) is 62.4 Å². The predicted molar refractivity (Wildman–Crippen MR) is 155 cm³/mol. The molecular weight excluding hydrogens is 516 g/mol. The normalized spacial score (nSPS) is 20.2. The average Bonchev–Trinajstić information content (AvgIpc) is 3.24. The van der Waals surface area contributed by atoms with Crippen LogP contribution in [-0.2, 0) is 14.3 Å². The van der Waals surface area contributed by atoms with Crippen LogP contribution in [0.15, 0.2) is 78.9 Å². The quantitative estimate of drug-likeness (QED) is 0.163. The molecular formula is C34H30N2O5. The topological polar surface area (TPSA) is 93.6 Å². The van der Waals surface area contributed by atoms with E-state index in [4.69, 9.17) is 9.72 Å². The molecule has 41 heavy (non-hydrogen) atoms. The molecule has 2 amide bonds. The second-order valence-electron chi connectivity index (χ2n) is 11.1. The van der Waals surface area contributed by atoms with Crippen LogP contribution in [0.4, 0.5) is 5.69 Å². The van der Waals surface area contributed by atoms with Crippen molar-refractivity contribution in [3.05, 3.63) is 95.6 Å². The summed E-state index contributed by atoms with van der Waals surface area (Å²) in [5, 5.41) is 0.632. The summed E-state index contributed by atoms with van der Waals surface area (Å²) in [5.74, 6) is -1.16. The summed E-state index contributed by atoms with van der Waals surface area (Å²) in [6.45, 7) is 3.69. The average molecular weight is 547 g/mol. The number of Topliss-reactive ketones (excluding diaryl/α,β-unsaturated/α-hetero) is 1. The van der Waals surface area contributed by atoms with Crippen LogP contribution in [0.25, 0.3) is 22.2 Å². The number of anilines is 1. The van der Waals surface area contributed by atoms with Gasteiger partial charge in [0, 0.05) is 16.5 Å². The predicted octanol–water partition coefficient (Wildman–Crippen LogP) is 6.18. The van der Waals surface area contributed by atoms with Gasteiger partial charge in [0.2, 0.25) is 11.8 Å². The van der Waals surface area contributed by atoms with E-state index in [-0.39, 0.29) is 36.0 Å². The molecule has 0 N–H and O–H groups in total. The summed E-state index contributed by atoms with van der Waals surface area (Å²) < 4.78 is 5.45. The van der Waals surface area contributed by atoms with Gasteiger partial charge in [0.1, 0.15) is 0 Å². The Balaban J connectivity index is 1.28. The van der Waals surface area contributed by atoms with Gasteiger partial charge in [0.15, 0.2) is 12.4 Å². The zero-order valence-corrected chi connectivity index (χ0v) is 23.0. The van der Waals surface area contributed by atoms with Crippen molar-refractivity contribution in [1.29, 1.82) is 0 Å². The number of aryl methyl sites for hydroxylation is 1. The molecule has 3 atom stereocenters. The maximum Gasteiger partial charge on any atom is 0.339 e. The molecule has 7 heteroatoms. The molecule has 206 valence electrons. The zero-order chi connectivity index (χ0) is 28.7. The number of pyridine rings is 1. The maximum atomic E-state index is 13.3. The number of hydrogen-bond donors (Lipinski definition) is 0. The number of fused-ring (bicyclic) bond motifs is 2. The fourth-order valence-corrected chi connectivity index (χ4v) is 6.00. The first-order valence-electron chi connectivity index (χ1n) is 13.9. The number of amides is 2. The van der Waals surface area contributed by atoms with Gasteiger partial charge in [-0.2, -0.15) is 0 Å². The van der Waals surface area contributed by atoms with E-state index in [2.05, 4.69) is 6.92 Å². The zero-order valence-electron chi connectivity index (χ0n) is 23.0. The molecule has 3 aromatic carbocycles. The van der Waals surface area contributed by atoms with E-state index in [0.29, 0.717) is 39.3 Å². The number of esters is 1. The minimum Gasteiger partial charge on any atom is -0.454 e. The van der Waals surface area contributed by atoms with Gasteiger partial charge in [0.05, 0.1) is 34.3 Å². The van der Waals surface area contributed by atoms with Crippen molar-refractivity contribution in [2.24, 2.45) is 17.8 Å². The number of ketones is 1. The first kappa shape index (κ1) is 26.6. The second kappa shape index (κ2) is 10.7. The summed E-state index contributed by atoms with van der Waals surface area (Å²) in [7, 11) is 0. The van der Waals surface area contributed by atoms with E-state index in [9.17, 15) is 19.2 Å². The van der Waals surface area contributed by atoms with E-state index in [1.807, 2.05) is 31.2 Å². The minimum atomic E-state index is -0.616. The molecule has 1 saturated heterocycles. The van der Waals surface area contributed by atoms with Gasteiger partial charge >= 0.3 is 5.97 Å². The van der Waals surface area contributed by atoms with E-state index < -0.39 is 5.97 Å². The minimum absolute atomic E-state index is 0.117. The SMILES string of the molecule is Cc1ccc2nc(-c3ccc(N4C(=O)[C@H]5CC[C@H](C)C[C@@H]5C4=O)cc3)cc(C(=O)OCC(=O)c3ccccc3)c2c1. The van der Waals surface area contributed by atoms with E-state index in [1.165, 1.54) is 4.90 Å². The highest BCUT2D eigenvalue weighted by Crippen LogP contribution is 2.42. The summed E-state index contributed by atoms with van der Waals surface area (Å²) in [6, 6.07) is 23.1. The third kappa shape index (κ3) is 5.04. The molecule has 2 fully saturated rings. The van der Waals surface area contributed by atoms with Crippen molar-refractivity contribution in [2.75, 3.05) is 11.5 Å². The summed E-state index contributed by atoms with van der Waals surface area (Å²) in [6.07, 6.45) is 2.47. The van der Waals surface area contributed by atoms with Crippen LogP contribution in [0.3, 0.4) is 0 Å². The number of carbonyl (C=O) groups is 4. The molecule has 4 aromatic rings. The lowest BCUT2D eigenvalue weighted by Gasteiger charge is -2.25. The van der Waals surface area contributed by atoms with Gasteiger partial charge < -0.3 is 4.74 Å². The molecule has 1 aromatic heterocycles. The number of nitrogens with zero attached hydrogens (tertiary/aromatic N) is 2. The van der Waals surface area contributed by atoms with Crippen LogP contribution in [0.2, 0.25) is 0 Å². The second-order valence-corrected chi connectivity index (χ2v) is 11.1. The largest absolute Gasteiger partial charge is 0.454 e. The van der Waals surface area contributed by atoms with E-state index in [0.717, 1.165) is 30.4 Å². The Bertz CT molecular complexity index is 1680. The van der Waals surface area contributed by atoms with Gasteiger partial charge in [-0.3, -0.25) is 19.3 Å². The Labute approximate surface area is 238 Å². The van der Waals surface area contributed by atoms with Crippen LogP contribution in [-0.4, -0.2) is 35.2 Å². The fourth-order valence-electron chi connectivity index (χ4n) is 6.00. The van der Waals surface area contributed by atoms with Crippen molar-refractivity contribution >= 4 is 40.2 Å². The monoisotopic (exact) mass is 546 g/mol. The molecule has 7 nitrogen and oxygen atoms in total. The molecule has 0 bridgehead atoms. The molecule has 0 radical (unpaired) electrons. The van der Waals surface area contributed by atoms with E-state index in [1.54, 1.807) is 54.6 Å². The van der Waals surface area contributed by atoms with Crippen LogP contribution in [0.5, 0.6) is 0 Å². The van der Waals surface area contributed by atoms with Crippen molar-refractivity contribution in [1.82, 2.24) is 4.98 Å². The standard InChI is InChI=1S/C34H30N2O5/c1-20-8-14-25-27(17-20)33(39)36(32(25)38)24-12-10-22(11-13-24)30-18-28(26-16-21(2)9-15-29(26)35-30)34(40)41-19-31(37)23-6-4-3-5-7-23/h3-7,9-13,15-16,18,20,25,27H,8,14,17,19H2,1-2H3/t20-,25-,27-/m0/s1. The summed E-state index contributed by atoms with van der Waals surface area (Å²) in [5.41, 5.74) is 4.15. The first-order valence-corrected chi connectivity index (χ1v) is 13.9. The third-order valence-electron chi connectivity index (χ3n) is 8.22. The fraction of sp³-hybridized carbons (Fsp3) is 0.265. The Morgan fingerprint density at radius 3 is 2.39 bits per heavy atom. The Morgan fingerprint density at radius 1 is 0.902 bits per heavy atom. The van der Waals surface area contributed by atoms with Crippen molar-refractivity contribution in [3.8, 4) is 11.3 Å². The van der Waals surface area contributed by atoms with Crippen LogP contribution in [0, 0.1) is 24.7 Å². The first-order chi connectivity index (χ1) is 19.8. The van der Waals surface area contributed by atoms with Crippen LogP contribution >= 0.6 is 0 Å². The molecule has 2 aliphatic rings. The number of benzene rings is 3. The van der Waals surface area contributed by atoms with Crippen molar-refractivity contribution < 1.29 is 23.9 Å². The van der Waals surface area contributed by atoms with Gasteiger partial charge in [0.25, 0.3) is 0 Å². The Hall–Kier alpha value is -4.65. The lowest BCUT2D eigenvalue weighted by molar-refractivity contribution is -0.122. The number of carbonyl (C=O) groups excluding carboxylic acids is 4. The van der Waals surface area contributed by atoms with Crippen LogP contribution in [0.1, 0.15) is 52.5 Å². The van der Waals surface area contributed by atoms with Gasteiger partial charge in [-0.15, -0.1) is 0 Å². The molecule has 0 unspecified atom stereocenters. The molecule has 2 heterocycles. The van der Waals surface area contributed by atoms with E-state index >= 15 is 0 Å². The highest BCUT2D eigenvalue weighted by atomic mass is 16.5. The van der Waals surface area contributed by atoms with Crippen molar-refractivity contribution in [3.63, 3.8) is 0 Å². The molecule has 6 rings (SSSR count). The highest BCUT2D eigenvalue weighted by Gasteiger charge is 2.49. The number of hydrogen-bond acceptors (Lipinski definition) is 6. The number of imide groups is 1. The number of aromatic nitrogens is 1. The number of rotatable bonds is 6. The maximum absolute atomic E-state index is 13.3. The lowest BCUT2D eigenvalue weighted by atomic mass is 9.76. The van der Waals surface area contributed by atoms with Gasteiger partial charge in [-0.1, -0.05) is 61.0 Å². The molecule has 0 spiro atoms. The summed E-state index contributed by atoms with van der Waals surface area (Å²) >= 11 is 0. The lowest BCUT2D eigenvalue weighted by Crippen LogP contribution is -2.30. The smallest absolute Gasteiger partial charge is 0.339 e. The summed E-state index contributed by atoms with van der Waals surface area (Å²) in [4.78, 5) is 58.2. The Kier molecular flexibility index (Phi) is 6.95.